The molecule has 0 aliphatic carbocycles. The molecule has 0 unspecified atom stereocenters. The highest BCUT2D eigenvalue weighted by atomic mass is 19.4. The Hall–Kier alpha value is -2.57. The van der Waals surface area contributed by atoms with Crippen molar-refractivity contribution in [1.82, 2.24) is 4.98 Å². The van der Waals surface area contributed by atoms with Crippen molar-refractivity contribution in [3.8, 4) is 17.0 Å². The molecule has 0 spiro atoms. The van der Waals surface area contributed by atoms with Crippen LogP contribution in [0.25, 0.3) is 11.1 Å². The molecule has 1 aromatic heterocycles. The molecule has 0 amide bonds. The molecule has 4 nitrogen and oxygen atoms in total. The van der Waals surface area contributed by atoms with Crippen LogP contribution in [0, 0.1) is 0 Å². The number of rotatable bonds is 4. The SMILES string of the molecule is COc1nccc(CC(=O)O)c1-c1ccc(C(F)(F)F)cc1. The van der Waals surface area contributed by atoms with Crippen molar-refractivity contribution in [2.24, 2.45) is 0 Å². The lowest BCUT2D eigenvalue weighted by Crippen LogP contribution is -2.06. The summed E-state index contributed by atoms with van der Waals surface area (Å²) in [6.07, 6.45) is -3.32. The second-order valence-electron chi connectivity index (χ2n) is 4.50. The number of ether oxygens (including phenoxy) is 1. The van der Waals surface area contributed by atoms with Gasteiger partial charge < -0.3 is 9.84 Å². The van der Waals surface area contributed by atoms with E-state index >= 15 is 0 Å². The number of alkyl halides is 3. The fourth-order valence-corrected chi connectivity index (χ4v) is 2.08. The smallest absolute Gasteiger partial charge is 0.416 e. The third-order valence-corrected chi connectivity index (χ3v) is 3.04. The molecule has 1 heterocycles. The Bertz CT molecular complexity index is 681. The van der Waals surface area contributed by atoms with Gasteiger partial charge in [0.1, 0.15) is 0 Å². The van der Waals surface area contributed by atoms with Crippen molar-refractivity contribution in [3.63, 3.8) is 0 Å². The van der Waals surface area contributed by atoms with E-state index in [9.17, 15) is 18.0 Å². The van der Waals surface area contributed by atoms with Crippen LogP contribution in [0.2, 0.25) is 0 Å². The maximum absolute atomic E-state index is 12.6. The molecule has 1 aromatic carbocycles. The van der Waals surface area contributed by atoms with Gasteiger partial charge in [0, 0.05) is 11.8 Å². The number of nitrogens with zero attached hydrogens (tertiary/aromatic N) is 1. The van der Waals surface area contributed by atoms with E-state index in [0.29, 0.717) is 16.7 Å². The first-order chi connectivity index (χ1) is 10.3. The van der Waals surface area contributed by atoms with Gasteiger partial charge in [0.15, 0.2) is 0 Å². The highest BCUT2D eigenvalue weighted by molar-refractivity contribution is 5.79. The summed E-state index contributed by atoms with van der Waals surface area (Å²) in [5, 5.41) is 8.94. The molecule has 2 rings (SSSR count). The van der Waals surface area contributed by atoms with Gasteiger partial charge in [0.05, 0.1) is 19.1 Å². The fourth-order valence-electron chi connectivity index (χ4n) is 2.08. The summed E-state index contributed by atoms with van der Waals surface area (Å²) in [6.45, 7) is 0. The van der Waals surface area contributed by atoms with Crippen molar-refractivity contribution in [2.45, 2.75) is 12.6 Å². The van der Waals surface area contributed by atoms with Gasteiger partial charge in [0.25, 0.3) is 0 Å². The van der Waals surface area contributed by atoms with E-state index in [1.54, 1.807) is 0 Å². The molecule has 0 aliphatic rings. The molecule has 2 aromatic rings. The summed E-state index contributed by atoms with van der Waals surface area (Å²) in [5.41, 5.74) is 0.424. The third-order valence-electron chi connectivity index (χ3n) is 3.04. The maximum atomic E-state index is 12.6. The van der Waals surface area contributed by atoms with E-state index in [2.05, 4.69) is 4.98 Å². The van der Waals surface area contributed by atoms with Gasteiger partial charge in [-0.3, -0.25) is 4.79 Å². The molecule has 7 heteroatoms. The number of carbonyl (C=O) groups is 1. The summed E-state index contributed by atoms with van der Waals surface area (Å²) in [7, 11) is 1.36. The number of methoxy groups -OCH3 is 1. The molecule has 0 saturated carbocycles. The van der Waals surface area contributed by atoms with E-state index in [0.717, 1.165) is 12.1 Å². The normalized spacial score (nSPS) is 11.3. The Morgan fingerprint density at radius 3 is 2.36 bits per heavy atom. The Balaban J connectivity index is 2.53. The predicted molar refractivity (Wildman–Crippen MR) is 72.6 cm³/mol. The largest absolute Gasteiger partial charge is 0.481 e. The summed E-state index contributed by atoms with van der Waals surface area (Å²) < 4.78 is 42.9. The number of aliphatic carboxylic acids is 1. The zero-order valence-corrected chi connectivity index (χ0v) is 11.5. The third kappa shape index (κ3) is 3.36. The first-order valence-corrected chi connectivity index (χ1v) is 6.24. The average molecular weight is 311 g/mol. The first-order valence-electron chi connectivity index (χ1n) is 6.24. The number of benzene rings is 1. The zero-order valence-electron chi connectivity index (χ0n) is 11.5. The van der Waals surface area contributed by atoms with E-state index in [4.69, 9.17) is 9.84 Å². The van der Waals surface area contributed by atoms with Crippen LogP contribution < -0.4 is 4.74 Å². The summed E-state index contributed by atoms with van der Waals surface area (Å²) in [6, 6.07) is 5.92. The van der Waals surface area contributed by atoms with Gasteiger partial charge in [-0.1, -0.05) is 12.1 Å². The summed E-state index contributed by atoms with van der Waals surface area (Å²) in [5.74, 6) is -0.889. The van der Waals surface area contributed by atoms with Gasteiger partial charge >= 0.3 is 12.1 Å². The molecule has 0 atom stereocenters. The minimum Gasteiger partial charge on any atom is -0.481 e. The van der Waals surface area contributed by atoms with Gasteiger partial charge in [-0.2, -0.15) is 13.2 Å². The zero-order chi connectivity index (χ0) is 16.3. The molecule has 116 valence electrons. The quantitative estimate of drug-likeness (QED) is 0.940. The Kier molecular flexibility index (Phi) is 4.35. The van der Waals surface area contributed by atoms with E-state index in [1.807, 2.05) is 0 Å². The maximum Gasteiger partial charge on any atom is 0.416 e. The van der Waals surface area contributed by atoms with Crippen LogP contribution in [0.5, 0.6) is 5.88 Å². The number of hydrogen-bond acceptors (Lipinski definition) is 3. The monoisotopic (exact) mass is 311 g/mol. The second kappa shape index (κ2) is 6.05. The van der Waals surface area contributed by atoms with Crippen LogP contribution in [-0.2, 0) is 17.4 Å². The lowest BCUT2D eigenvalue weighted by Gasteiger charge is -2.13. The van der Waals surface area contributed by atoms with Crippen molar-refractivity contribution in [1.29, 1.82) is 0 Å². The van der Waals surface area contributed by atoms with Gasteiger partial charge in [0.2, 0.25) is 5.88 Å². The number of aromatic nitrogens is 1. The molecule has 0 fully saturated rings. The van der Waals surface area contributed by atoms with Gasteiger partial charge in [-0.25, -0.2) is 4.98 Å². The molecule has 0 saturated heterocycles. The van der Waals surface area contributed by atoms with Crippen LogP contribution >= 0.6 is 0 Å². The van der Waals surface area contributed by atoms with Crippen molar-refractivity contribution in [3.05, 3.63) is 47.7 Å². The number of carboxylic acid groups (broad SMARTS) is 1. The minimum absolute atomic E-state index is 0.165. The highest BCUT2D eigenvalue weighted by Crippen LogP contribution is 2.35. The van der Waals surface area contributed by atoms with Crippen molar-refractivity contribution < 1.29 is 27.8 Å². The Morgan fingerprint density at radius 1 is 1.23 bits per heavy atom. The summed E-state index contributed by atoms with van der Waals surface area (Å²) in [4.78, 5) is 14.9. The van der Waals surface area contributed by atoms with Crippen LogP contribution in [0.3, 0.4) is 0 Å². The predicted octanol–water partition coefficient (Wildman–Crippen LogP) is 3.40. The standard InChI is InChI=1S/C15H12F3NO3/c1-22-14-13(10(6-7-19-14)8-12(20)21)9-2-4-11(5-3-9)15(16,17)18/h2-7H,8H2,1H3,(H,20,21). The van der Waals surface area contributed by atoms with Crippen LogP contribution in [0.15, 0.2) is 36.5 Å². The number of hydrogen-bond donors (Lipinski definition) is 1. The minimum atomic E-state index is -4.43. The fraction of sp³-hybridized carbons (Fsp3) is 0.200. The van der Waals surface area contributed by atoms with Crippen LogP contribution in [-0.4, -0.2) is 23.2 Å². The molecule has 1 N–H and O–H groups in total. The molecule has 0 bridgehead atoms. The number of carboxylic acids is 1. The van der Waals surface area contributed by atoms with Gasteiger partial charge in [-0.15, -0.1) is 0 Å². The molecule has 22 heavy (non-hydrogen) atoms. The average Bonchev–Trinajstić information content (AvgIpc) is 2.45. The first kappa shape index (κ1) is 15.8. The van der Waals surface area contributed by atoms with Gasteiger partial charge in [-0.05, 0) is 29.3 Å². The molecule has 0 aliphatic heterocycles. The van der Waals surface area contributed by atoms with Crippen molar-refractivity contribution in [2.75, 3.05) is 7.11 Å². The van der Waals surface area contributed by atoms with Crippen molar-refractivity contribution >= 4 is 5.97 Å². The molecule has 0 radical (unpaired) electrons. The Labute approximate surface area is 124 Å². The molecular formula is C15H12F3NO3. The lowest BCUT2D eigenvalue weighted by molar-refractivity contribution is -0.138. The second-order valence-corrected chi connectivity index (χ2v) is 4.50. The topological polar surface area (TPSA) is 59.4 Å². The number of pyridine rings is 1. The lowest BCUT2D eigenvalue weighted by atomic mass is 9.98. The molecular weight excluding hydrogens is 299 g/mol. The van der Waals surface area contributed by atoms with Crippen LogP contribution in [0.1, 0.15) is 11.1 Å². The van der Waals surface area contributed by atoms with E-state index in [1.165, 1.54) is 31.5 Å². The Morgan fingerprint density at radius 2 is 1.86 bits per heavy atom. The number of halogens is 3. The summed E-state index contributed by atoms with van der Waals surface area (Å²) >= 11 is 0. The van der Waals surface area contributed by atoms with E-state index < -0.39 is 17.7 Å². The van der Waals surface area contributed by atoms with E-state index in [-0.39, 0.29) is 12.3 Å². The highest BCUT2D eigenvalue weighted by Gasteiger charge is 2.30. The van der Waals surface area contributed by atoms with Crippen LogP contribution in [0.4, 0.5) is 13.2 Å².